The highest BCUT2D eigenvalue weighted by Crippen LogP contribution is 2.42. The number of allylic oxidation sites excluding steroid dienone is 3. The molecule has 0 heterocycles. The monoisotopic (exact) mass is 250 g/mol. The van der Waals surface area contributed by atoms with E-state index in [4.69, 9.17) is 4.74 Å². The molecule has 0 aliphatic heterocycles. The quantitative estimate of drug-likeness (QED) is 0.552. The summed E-state index contributed by atoms with van der Waals surface area (Å²) in [7, 11) is 0. The van der Waals surface area contributed by atoms with Gasteiger partial charge in [0.05, 0.1) is 0 Å². The summed E-state index contributed by atoms with van der Waals surface area (Å²) >= 11 is 0. The highest BCUT2D eigenvalue weighted by Gasteiger charge is 2.31. The largest absolute Gasteiger partial charge is 0.458 e. The maximum atomic E-state index is 11.0. The molecule has 0 radical (unpaired) electrons. The van der Waals surface area contributed by atoms with E-state index >= 15 is 0 Å². The van der Waals surface area contributed by atoms with Crippen LogP contribution in [0.1, 0.15) is 54.4 Å². The van der Waals surface area contributed by atoms with Gasteiger partial charge in [0.15, 0.2) is 0 Å². The van der Waals surface area contributed by atoms with Crippen LogP contribution in [0, 0.1) is 11.3 Å². The number of carbonyl (C=O) groups excluding carboxylic acids is 1. The summed E-state index contributed by atoms with van der Waals surface area (Å²) in [5, 5.41) is 0. The van der Waals surface area contributed by atoms with Crippen molar-refractivity contribution in [2.45, 2.75) is 60.5 Å². The summed E-state index contributed by atoms with van der Waals surface area (Å²) in [5.74, 6) is 0.231. The molecule has 2 heteroatoms. The zero-order chi connectivity index (χ0) is 13.9. The Bertz CT molecular complexity index is 375. The number of carbonyl (C=O) groups is 1. The van der Waals surface area contributed by atoms with E-state index in [9.17, 15) is 4.79 Å². The van der Waals surface area contributed by atoms with Crippen molar-refractivity contribution in [2.24, 2.45) is 11.3 Å². The van der Waals surface area contributed by atoms with Crippen LogP contribution < -0.4 is 0 Å². The number of esters is 1. The zero-order valence-corrected chi connectivity index (χ0v) is 12.5. The Morgan fingerprint density at radius 2 is 2.11 bits per heavy atom. The van der Waals surface area contributed by atoms with Crippen LogP contribution in [-0.4, -0.2) is 12.1 Å². The van der Waals surface area contributed by atoms with E-state index in [1.54, 1.807) is 0 Å². The highest BCUT2D eigenvalue weighted by atomic mass is 16.5. The molecule has 0 saturated carbocycles. The molecule has 0 bridgehead atoms. The lowest BCUT2D eigenvalue weighted by Crippen LogP contribution is -2.27. The molecule has 102 valence electrons. The molecule has 0 saturated heterocycles. The fraction of sp³-hybridized carbons (Fsp3) is 0.688. The fourth-order valence-corrected chi connectivity index (χ4v) is 2.67. The standard InChI is InChI=1S/C16H26O2/c1-11-8-7-9-16(5,6)15(11)10-12(2)13(3)18-14(4)17/h8,10,13,15H,7,9H2,1-6H3/b12-10+/t13-,15+/m0/s1. The van der Waals surface area contributed by atoms with Gasteiger partial charge in [-0.2, -0.15) is 0 Å². The molecular formula is C16H26O2. The van der Waals surface area contributed by atoms with Gasteiger partial charge in [0.25, 0.3) is 0 Å². The molecule has 0 spiro atoms. The zero-order valence-electron chi connectivity index (χ0n) is 12.5. The van der Waals surface area contributed by atoms with Crippen molar-refractivity contribution in [3.05, 3.63) is 23.3 Å². The average molecular weight is 250 g/mol. The van der Waals surface area contributed by atoms with Gasteiger partial charge in [0, 0.05) is 12.8 Å². The second-order valence-electron chi connectivity index (χ2n) is 6.12. The molecule has 0 N–H and O–H groups in total. The maximum absolute atomic E-state index is 11.0. The summed E-state index contributed by atoms with van der Waals surface area (Å²) < 4.78 is 5.23. The van der Waals surface area contributed by atoms with Crippen LogP contribution >= 0.6 is 0 Å². The van der Waals surface area contributed by atoms with Gasteiger partial charge in [-0.25, -0.2) is 0 Å². The number of rotatable bonds is 3. The summed E-state index contributed by atoms with van der Waals surface area (Å²) in [6.07, 6.45) is 6.85. The van der Waals surface area contributed by atoms with Crippen LogP contribution in [0.4, 0.5) is 0 Å². The van der Waals surface area contributed by atoms with E-state index in [1.807, 2.05) is 13.8 Å². The van der Waals surface area contributed by atoms with Crippen LogP contribution in [0.2, 0.25) is 0 Å². The first kappa shape index (κ1) is 15.0. The Labute approximate surface area is 111 Å². The molecule has 0 aromatic heterocycles. The molecular weight excluding hydrogens is 224 g/mol. The Morgan fingerprint density at radius 1 is 1.50 bits per heavy atom. The van der Waals surface area contributed by atoms with Crippen molar-refractivity contribution >= 4 is 5.97 Å². The van der Waals surface area contributed by atoms with Crippen LogP contribution in [-0.2, 0) is 9.53 Å². The lowest BCUT2D eigenvalue weighted by atomic mass is 9.68. The summed E-state index contributed by atoms with van der Waals surface area (Å²) in [6.45, 7) is 12.3. The third kappa shape index (κ3) is 3.72. The topological polar surface area (TPSA) is 26.3 Å². The summed E-state index contributed by atoms with van der Waals surface area (Å²) in [6, 6.07) is 0. The van der Waals surface area contributed by atoms with Gasteiger partial charge >= 0.3 is 5.97 Å². The second kappa shape index (κ2) is 5.73. The van der Waals surface area contributed by atoms with Crippen molar-refractivity contribution in [1.82, 2.24) is 0 Å². The third-order valence-electron chi connectivity index (χ3n) is 4.00. The predicted molar refractivity (Wildman–Crippen MR) is 75.2 cm³/mol. The number of ether oxygens (including phenoxy) is 1. The number of hydrogen-bond donors (Lipinski definition) is 0. The normalized spacial score (nSPS) is 25.3. The Kier molecular flexibility index (Phi) is 4.78. The van der Waals surface area contributed by atoms with E-state index in [0.717, 1.165) is 5.57 Å². The van der Waals surface area contributed by atoms with E-state index in [1.165, 1.54) is 25.3 Å². The minimum atomic E-state index is -0.217. The van der Waals surface area contributed by atoms with Crippen LogP contribution in [0.3, 0.4) is 0 Å². The van der Waals surface area contributed by atoms with E-state index in [0.29, 0.717) is 5.92 Å². The van der Waals surface area contributed by atoms with Gasteiger partial charge < -0.3 is 4.74 Å². The molecule has 0 aromatic rings. The molecule has 2 atom stereocenters. The Balaban J connectivity index is 2.88. The SMILES string of the molecule is CC(=O)O[C@@H](C)/C(C)=C/[C@@H]1C(C)=CCCC1(C)C. The molecule has 0 aromatic carbocycles. The molecule has 1 rings (SSSR count). The molecule has 0 fully saturated rings. The summed E-state index contributed by atoms with van der Waals surface area (Å²) in [5.41, 5.74) is 2.86. The van der Waals surface area contributed by atoms with Crippen molar-refractivity contribution in [3.63, 3.8) is 0 Å². The Morgan fingerprint density at radius 3 is 2.61 bits per heavy atom. The van der Waals surface area contributed by atoms with Crippen molar-refractivity contribution in [1.29, 1.82) is 0 Å². The highest BCUT2D eigenvalue weighted by molar-refractivity contribution is 5.66. The first-order valence-corrected chi connectivity index (χ1v) is 6.76. The predicted octanol–water partition coefficient (Wildman–Crippen LogP) is 4.27. The van der Waals surface area contributed by atoms with Gasteiger partial charge in [-0.1, -0.05) is 31.6 Å². The minimum Gasteiger partial charge on any atom is -0.458 e. The summed E-state index contributed by atoms with van der Waals surface area (Å²) in [4.78, 5) is 11.0. The van der Waals surface area contributed by atoms with Gasteiger partial charge in [-0.05, 0) is 44.6 Å². The van der Waals surface area contributed by atoms with Crippen molar-refractivity contribution < 1.29 is 9.53 Å². The van der Waals surface area contributed by atoms with Crippen LogP contribution in [0.15, 0.2) is 23.3 Å². The van der Waals surface area contributed by atoms with E-state index < -0.39 is 0 Å². The van der Waals surface area contributed by atoms with E-state index in [-0.39, 0.29) is 17.5 Å². The van der Waals surface area contributed by atoms with Gasteiger partial charge in [0.1, 0.15) is 6.10 Å². The fourth-order valence-electron chi connectivity index (χ4n) is 2.67. The molecule has 0 unspecified atom stereocenters. The van der Waals surface area contributed by atoms with Gasteiger partial charge in [-0.3, -0.25) is 4.79 Å². The molecule has 1 aliphatic carbocycles. The smallest absolute Gasteiger partial charge is 0.303 e. The van der Waals surface area contributed by atoms with Crippen molar-refractivity contribution in [2.75, 3.05) is 0 Å². The van der Waals surface area contributed by atoms with Crippen LogP contribution in [0.25, 0.3) is 0 Å². The average Bonchev–Trinajstić information content (AvgIpc) is 2.22. The third-order valence-corrected chi connectivity index (χ3v) is 4.00. The van der Waals surface area contributed by atoms with Gasteiger partial charge in [0.2, 0.25) is 0 Å². The lowest BCUT2D eigenvalue weighted by Gasteiger charge is -2.37. The van der Waals surface area contributed by atoms with Gasteiger partial charge in [-0.15, -0.1) is 0 Å². The van der Waals surface area contributed by atoms with Crippen LogP contribution in [0.5, 0.6) is 0 Å². The van der Waals surface area contributed by atoms with Crippen molar-refractivity contribution in [3.8, 4) is 0 Å². The molecule has 2 nitrogen and oxygen atoms in total. The molecule has 1 aliphatic rings. The Hall–Kier alpha value is -1.05. The lowest BCUT2D eigenvalue weighted by molar-refractivity contribution is -0.143. The molecule has 18 heavy (non-hydrogen) atoms. The number of hydrogen-bond acceptors (Lipinski definition) is 2. The first-order valence-electron chi connectivity index (χ1n) is 6.76. The minimum absolute atomic E-state index is 0.131. The molecule has 0 amide bonds. The van der Waals surface area contributed by atoms with E-state index in [2.05, 4.69) is 32.9 Å². The maximum Gasteiger partial charge on any atom is 0.303 e. The first-order chi connectivity index (χ1) is 8.24. The second-order valence-corrected chi connectivity index (χ2v) is 6.12.